The van der Waals surface area contributed by atoms with Gasteiger partial charge >= 0.3 is 0 Å². The Bertz CT molecular complexity index is 1200. The molecular formula is C25H28F2N2O2S2. The minimum atomic E-state index is -3.39. The number of piperidine rings is 1. The molecule has 4 nitrogen and oxygen atoms in total. The van der Waals surface area contributed by atoms with E-state index in [1.807, 2.05) is 17.5 Å². The van der Waals surface area contributed by atoms with Gasteiger partial charge < -0.3 is 4.90 Å². The van der Waals surface area contributed by atoms with Gasteiger partial charge in [-0.05, 0) is 53.6 Å². The van der Waals surface area contributed by atoms with Crippen LogP contribution in [0, 0.1) is 11.6 Å². The number of aromatic nitrogens is 1. The van der Waals surface area contributed by atoms with Crippen molar-refractivity contribution in [1.82, 2.24) is 4.98 Å². The molecule has 8 heteroatoms. The van der Waals surface area contributed by atoms with Gasteiger partial charge in [-0.15, -0.1) is 11.3 Å². The molecular weight excluding hydrogens is 462 g/mol. The molecule has 1 aliphatic heterocycles. The SMILES string of the molecule is CC(C)(C)c1ccc(S(=O)(=O)C2CCN(c3nc(Cc4cc(F)cc(F)c4)cs3)CC2)cc1. The maximum absolute atomic E-state index is 13.4. The fourth-order valence-electron chi connectivity index (χ4n) is 4.14. The van der Waals surface area contributed by atoms with Crippen LogP contribution in [-0.4, -0.2) is 31.7 Å². The fourth-order valence-corrected chi connectivity index (χ4v) is 6.75. The minimum Gasteiger partial charge on any atom is -0.348 e. The molecule has 2 heterocycles. The van der Waals surface area contributed by atoms with E-state index in [0.717, 1.165) is 22.5 Å². The predicted molar refractivity (Wildman–Crippen MR) is 129 cm³/mol. The van der Waals surface area contributed by atoms with Gasteiger partial charge in [0.15, 0.2) is 15.0 Å². The van der Waals surface area contributed by atoms with Crippen LogP contribution in [0.15, 0.2) is 52.7 Å². The first kappa shape index (κ1) is 23.8. The van der Waals surface area contributed by atoms with Crippen LogP contribution in [0.2, 0.25) is 0 Å². The summed E-state index contributed by atoms with van der Waals surface area (Å²) in [6, 6.07) is 10.7. The zero-order valence-electron chi connectivity index (χ0n) is 19.0. The summed E-state index contributed by atoms with van der Waals surface area (Å²) < 4.78 is 53.2. The van der Waals surface area contributed by atoms with Crippen molar-refractivity contribution in [2.75, 3.05) is 18.0 Å². The van der Waals surface area contributed by atoms with E-state index in [0.29, 0.717) is 42.8 Å². The van der Waals surface area contributed by atoms with Crippen molar-refractivity contribution in [2.45, 2.75) is 55.6 Å². The van der Waals surface area contributed by atoms with E-state index in [1.54, 1.807) is 12.1 Å². The average molecular weight is 491 g/mol. The molecule has 1 saturated heterocycles. The Morgan fingerprint density at radius 2 is 1.64 bits per heavy atom. The van der Waals surface area contributed by atoms with Crippen molar-refractivity contribution in [3.63, 3.8) is 0 Å². The zero-order valence-corrected chi connectivity index (χ0v) is 20.6. The normalized spacial score (nSPS) is 15.7. The molecule has 176 valence electrons. The summed E-state index contributed by atoms with van der Waals surface area (Å²) in [6.45, 7) is 7.52. The van der Waals surface area contributed by atoms with Crippen molar-refractivity contribution < 1.29 is 17.2 Å². The number of nitrogens with zero attached hydrogens (tertiary/aromatic N) is 2. The summed E-state index contributed by atoms with van der Waals surface area (Å²) in [5.41, 5.74) is 2.36. The monoisotopic (exact) mass is 490 g/mol. The molecule has 4 rings (SSSR count). The molecule has 0 amide bonds. The second-order valence-corrected chi connectivity index (χ2v) is 12.6. The van der Waals surface area contributed by atoms with E-state index in [4.69, 9.17) is 0 Å². The van der Waals surface area contributed by atoms with Crippen molar-refractivity contribution in [1.29, 1.82) is 0 Å². The average Bonchev–Trinajstić information content (AvgIpc) is 3.21. The van der Waals surface area contributed by atoms with E-state index >= 15 is 0 Å². The van der Waals surface area contributed by atoms with E-state index < -0.39 is 26.7 Å². The number of sulfone groups is 1. The Hall–Kier alpha value is -2.32. The fraction of sp³-hybridized carbons (Fsp3) is 0.400. The Kier molecular flexibility index (Phi) is 6.60. The summed E-state index contributed by atoms with van der Waals surface area (Å²) >= 11 is 1.47. The molecule has 0 bridgehead atoms. The van der Waals surface area contributed by atoms with Crippen LogP contribution in [0.5, 0.6) is 0 Å². The van der Waals surface area contributed by atoms with Gasteiger partial charge in [0.05, 0.1) is 15.8 Å². The third-order valence-corrected chi connectivity index (χ3v) is 9.28. The van der Waals surface area contributed by atoms with Crippen LogP contribution in [0.4, 0.5) is 13.9 Å². The molecule has 1 fully saturated rings. The molecule has 1 aliphatic rings. The maximum Gasteiger partial charge on any atom is 0.185 e. The van der Waals surface area contributed by atoms with Gasteiger partial charge in [-0.1, -0.05) is 32.9 Å². The predicted octanol–water partition coefficient (Wildman–Crippen LogP) is 5.75. The highest BCUT2D eigenvalue weighted by Gasteiger charge is 2.32. The molecule has 0 saturated carbocycles. The standard InChI is InChI=1S/C25H28F2N2O2S2/c1-25(2,3)18-4-6-22(7-5-18)33(30,31)23-8-10-29(11-9-23)24-28-21(16-32-24)14-17-12-19(26)15-20(27)13-17/h4-7,12-13,15-16,23H,8-11,14H2,1-3H3. The van der Waals surface area contributed by atoms with Crippen LogP contribution in [-0.2, 0) is 21.7 Å². The van der Waals surface area contributed by atoms with E-state index in [1.165, 1.54) is 23.5 Å². The lowest BCUT2D eigenvalue weighted by Crippen LogP contribution is -2.39. The summed E-state index contributed by atoms with van der Waals surface area (Å²) in [4.78, 5) is 7.09. The van der Waals surface area contributed by atoms with E-state index in [2.05, 4.69) is 30.7 Å². The van der Waals surface area contributed by atoms with Gasteiger partial charge in [-0.25, -0.2) is 22.2 Å². The third kappa shape index (κ3) is 5.44. The van der Waals surface area contributed by atoms with Crippen molar-refractivity contribution >= 4 is 26.3 Å². The Morgan fingerprint density at radius 3 is 2.21 bits per heavy atom. The molecule has 3 aromatic rings. The second kappa shape index (κ2) is 9.14. The number of rotatable bonds is 5. The van der Waals surface area contributed by atoms with Crippen LogP contribution in [0.3, 0.4) is 0 Å². The van der Waals surface area contributed by atoms with Crippen molar-refractivity contribution in [3.05, 3.63) is 76.3 Å². The van der Waals surface area contributed by atoms with Crippen molar-refractivity contribution in [3.8, 4) is 0 Å². The summed E-state index contributed by atoms with van der Waals surface area (Å²) in [6.07, 6.45) is 1.42. The molecule has 0 N–H and O–H groups in total. The highest BCUT2D eigenvalue weighted by atomic mass is 32.2. The first-order valence-electron chi connectivity index (χ1n) is 11.0. The highest BCUT2D eigenvalue weighted by Crippen LogP contribution is 2.31. The van der Waals surface area contributed by atoms with Crippen LogP contribution >= 0.6 is 11.3 Å². The molecule has 2 aromatic carbocycles. The maximum atomic E-state index is 13.4. The molecule has 1 aromatic heterocycles. The molecule has 0 unspecified atom stereocenters. The Morgan fingerprint density at radius 1 is 1.03 bits per heavy atom. The van der Waals surface area contributed by atoms with E-state index in [9.17, 15) is 17.2 Å². The topological polar surface area (TPSA) is 50.3 Å². The quantitative estimate of drug-likeness (QED) is 0.457. The van der Waals surface area contributed by atoms with Crippen molar-refractivity contribution in [2.24, 2.45) is 0 Å². The lowest BCUT2D eigenvalue weighted by Gasteiger charge is -2.31. The van der Waals surface area contributed by atoms with Crippen LogP contribution in [0.1, 0.15) is 50.4 Å². The lowest BCUT2D eigenvalue weighted by atomic mass is 9.87. The van der Waals surface area contributed by atoms with Crippen LogP contribution in [0.25, 0.3) is 0 Å². The van der Waals surface area contributed by atoms with Gasteiger partial charge in [0.25, 0.3) is 0 Å². The third-order valence-electron chi connectivity index (χ3n) is 6.05. The van der Waals surface area contributed by atoms with E-state index in [-0.39, 0.29) is 5.41 Å². The minimum absolute atomic E-state index is 0.0248. The van der Waals surface area contributed by atoms with Crippen LogP contribution < -0.4 is 4.90 Å². The number of hydrogen-bond acceptors (Lipinski definition) is 5. The summed E-state index contributed by atoms with van der Waals surface area (Å²) in [5.74, 6) is -1.20. The van der Waals surface area contributed by atoms with Gasteiger partial charge in [0.1, 0.15) is 11.6 Å². The molecule has 0 aliphatic carbocycles. The number of benzene rings is 2. The molecule has 0 radical (unpaired) electrons. The Balaban J connectivity index is 1.39. The van der Waals surface area contributed by atoms with Gasteiger partial charge in [-0.3, -0.25) is 0 Å². The number of hydrogen-bond donors (Lipinski definition) is 0. The lowest BCUT2D eigenvalue weighted by molar-refractivity contribution is 0.529. The van der Waals surface area contributed by atoms with Gasteiger partial charge in [0.2, 0.25) is 0 Å². The number of anilines is 1. The zero-order chi connectivity index (χ0) is 23.8. The Labute approximate surface area is 198 Å². The second-order valence-electron chi connectivity index (χ2n) is 9.58. The van der Waals surface area contributed by atoms with Gasteiger partial charge in [-0.2, -0.15) is 0 Å². The molecule has 0 atom stereocenters. The summed E-state index contributed by atoms with van der Waals surface area (Å²) in [5, 5.41) is 2.29. The first-order chi connectivity index (χ1) is 15.5. The highest BCUT2D eigenvalue weighted by molar-refractivity contribution is 7.92. The molecule has 0 spiro atoms. The first-order valence-corrected chi connectivity index (χ1v) is 13.4. The largest absolute Gasteiger partial charge is 0.348 e. The molecule has 33 heavy (non-hydrogen) atoms. The smallest absolute Gasteiger partial charge is 0.185 e. The number of thiazole rings is 1. The number of halogens is 2. The van der Waals surface area contributed by atoms with Gasteiger partial charge in [0, 0.05) is 31.0 Å². The summed E-state index contributed by atoms with van der Waals surface area (Å²) in [7, 11) is -3.39.